The predicted octanol–water partition coefficient (Wildman–Crippen LogP) is 5.61. The molecule has 0 rings (SSSR count). The van der Waals surface area contributed by atoms with Crippen molar-refractivity contribution in [3.05, 3.63) is 0 Å². The second kappa shape index (κ2) is 12.1. The van der Waals surface area contributed by atoms with Crippen molar-refractivity contribution in [3.8, 4) is 0 Å². The van der Waals surface area contributed by atoms with Crippen LogP contribution in [0.4, 0.5) is 0 Å². The van der Waals surface area contributed by atoms with Gasteiger partial charge in [-0.1, -0.05) is 52.4 Å². The highest BCUT2D eigenvalue weighted by Gasteiger charge is 2.27. The third kappa shape index (κ3) is 11.1. The van der Waals surface area contributed by atoms with Crippen molar-refractivity contribution in [2.45, 2.75) is 91.3 Å². The summed E-state index contributed by atoms with van der Waals surface area (Å²) in [7, 11) is -1.95. The topological polar surface area (TPSA) is 35.5 Å². The lowest BCUT2D eigenvalue weighted by Gasteiger charge is -2.06. The Morgan fingerprint density at radius 3 is 1.56 bits per heavy atom. The number of unbranched alkanes of at least 4 members (excludes halogenated alkanes) is 4. The third-order valence-electron chi connectivity index (χ3n) is 2.96. The second-order valence-corrected chi connectivity index (χ2v) is 5.92. The molecule has 0 fully saturated rings. The molecular weight excluding hydrogens is 247 g/mol. The fourth-order valence-electron chi connectivity index (χ4n) is 1.79. The summed E-state index contributed by atoms with van der Waals surface area (Å²) in [5, 5.41) is 0. The van der Waals surface area contributed by atoms with Gasteiger partial charge in [0, 0.05) is 4.57 Å². The molecule has 0 aliphatic rings. The highest BCUT2D eigenvalue weighted by molar-refractivity contribution is 7.33. The van der Waals surface area contributed by atoms with Crippen molar-refractivity contribution in [2.24, 2.45) is 0 Å². The quantitative estimate of drug-likeness (QED) is 0.343. The van der Waals surface area contributed by atoms with Gasteiger partial charge in [-0.2, -0.15) is 0 Å². The van der Waals surface area contributed by atoms with Gasteiger partial charge in [0.05, 0.1) is 0 Å². The van der Waals surface area contributed by atoms with Crippen LogP contribution in [0.25, 0.3) is 0 Å². The Morgan fingerprint density at radius 2 is 1.22 bits per heavy atom. The third-order valence-corrected chi connectivity index (χ3v) is 4.02. The summed E-state index contributed by atoms with van der Waals surface area (Å²) in [4.78, 5) is 0. The summed E-state index contributed by atoms with van der Waals surface area (Å²) in [5.74, 6) is 0. The molecule has 4 heteroatoms. The number of hydrogen-bond donors (Lipinski definition) is 0. The molecule has 3 nitrogen and oxygen atoms in total. The van der Waals surface area contributed by atoms with Gasteiger partial charge in [0.25, 0.3) is 0 Å². The summed E-state index contributed by atoms with van der Waals surface area (Å²) in [5.41, 5.74) is 0. The van der Waals surface area contributed by atoms with Gasteiger partial charge in [-0.15, -0.1) is 9.05 Å². The summed E-state index contributed by atoms with van der Waals surface area (Å²) in [6, 6.07) is 0. The average Bonchev–Trinajstić information content (AvgIpc) is 2.29. The minimum Gasteiger partial charge on any atom is -0.116 e. The zero-order chi connectivity index (χ0) is 13.8. The van der Waals surface area contributed by atoms with Gasteiger partial charge in [0.2, 0.25) is 0 Å². The molecule has 0 aromatic rings. The first-order valence-corrected chi connectivity index (χ1v) is 8.50. The van der Waals surface area contributed by atoms with Crippen LogP contribution in [-0.2, 0) is 13.6 Å². The normalized spacial score (nSPS) is 15.4. The maximum atomic E-state index is 11.6. The van der Waals surface area contributed by atoms with E-state index < -0.39 is 8.25 Å². The molecule has 108 valence electrons. The van der Waals surface area contributed by atoms with E-state index in [1.165, 1.54) is 25.7 Å². The molecular formula is C14H30O3P+. The first-order chi connectivity index (χ1) is 8.60. The average molecular weight is 277 g/mol. The zero-order valence-corrected chi connectivity index (χ0v) is 13.4. The van der Waals surface area contributed by atoms with Crippen LogP contribution < -0.4 is 0 Å². The Balaban J connectivity index is 3.61. The van der Waals surface area contributed by atoms with Crippen molar-refractivity contribution in [1.29, 1.82) is 0 Å². The maximum Gasteiger partial charge on any atom is 0.697 e. The largest absolute Gasteiger partial charge is 0.697 e. The van der Waals surface area contributed by atoms with Gasteiger partial charge in [0.15, 0.2) is 0 Å². The van der Waals surface area contributed by atoms with Gasteiger partial charge < -0.3 is 0 Å². The second-order valence-electron chi connectivity index (χ2n) is 5.05. The molecule has 0 saturated carbocycles. The zero-order valence-electron chi connectivity index (χ0n) is 12.5. The predicted molar refractivity (Wildman–Crippen MR) is 77.0 cm³/mol. The SMILES string of the molecule is CCCCCC(C)O[P+](=O)OC(C)CCCCC. The Bertz CT molecular complexity index is 189. The first kappa shape index (κ1) is 18.0. The van der Waals surface area contributed by atoms with Crippen molar-refractivity contribution >= 4 is 8.25 Å². The van der Waals surface area contributed by atoms with Crippen LogP contribution >= 0.6 is 8.25 Å². The molecule has 0 aromatic heterocycles. The van der Waals surface area contributed by atoms with Crippen LogP contribution in [-0.4, -0.2) is 12.2 Å². The van der Waals surface area contributed by atoms with Gasteiger partial charge in [-0.25, -0.2) is 0 Å². The molecule has 0 heterocycles. The van der Waals surface area contributed by atoms with Crippen molar-refractivity contribution in [2.75, 3.05) is 0 Å². The van der Waals surface area contributed by atoms with Gasteiger partial charge >= 0.3 is 8.25 Å². The Hall–Kier alpha value is 0.0200. The molecule has 0 radical (unpaired) electrons. The van der Waals surface area contributed by atoms with Crippen LogP contribution in [0.5, 0.6) is 0 Å². The molecule has 18 heavy (non-hydrogen) atoms. The molecule has 2 atom stereocenters. The van der Waals surface area contributed by atoms with E-state index in [1.54, 1.807) is 0 Å². The Labute approximate surface area is 114 Å². The van der Waals surface area contributed by atoms with Gasteiger partial charge in [-0.3, -0.25) is 0 Å². The van der Waals surface area contributed by atoms with E-state index in [1.807, 2.05) is 13.8 Å². The van der Waals surface area contributed by atoms with E-state index in [0.717, 1.165) is 25.7 Å². The standard InChI is InChI=1S/C14H30O3P/c1-5-7-9-11-13(3)16-18(15)17-14(4)12-10-8-6-2/h13-14H,5-12H2,1-4H3/q+1. The summed E-state index contributed by atoms with van der Waals surface area (Å²) in [6.45, 7) is 8.28. The van der Waals surface area contributed by atoms with Crippen LogP contribution in [0, 0.1) is 0 Å². The summed E-state index contributed by atoms with van der Waals surface area (Å²) in [6.07, 6.45) is 9.06. The Kier molecular flexibility index (Phi) is 12.1. The van der Waals surface area contributed by atoms with E-state index in [2.05, 4.69) is 13.8 Å². The molecule has 0 amide bonds. The van der Waals surface area contributed by atoms with Crippen LogP contribution in [0.1, 0.15) is 79.1 Å². The fraction of sp³-hybridized carbons (Fsp3) is 1.00. The van der Waals surface area contributed by atoms with Gasteiger partial charge in [0.1, 0.15) is 12.2 Å². The minimum atomic E-state index is -1.95. The molecule has 0 spiro atoms. The first-order valence-electron chi connectivity index (χ1n) is 7.40. The monoisotopic (exact) mass is 277 g/mol. The van der Waals surface area contributed by atoms with E-state index in [4.69, 9.17) is 9.05 Å². The summed E-state index contributed by atoms with van der Waals surface area (Å²) >= 11 is 0. The van der Waals surface area contributed by atoms with Crippen LogP contribution in [0.2, 0.25) is 0 Å². The lowest BCUT2D eigenvalue weighted by Crippen LogP contribution is -2.07. The highest BCUT2D eigenvalue weighted by atomic mass is 31.1. The number of hydrogen-bond acceptors (Lipinski definition) is 3. The van der Waals surface area contributed by atoms with Crippen molar-refractivity contribution < 1.29 is 13.6 Å². The number of rotatable bonds is 12. The lowest BCUT2D eigenvalue weighted by atomic mass is 10.1. The van der Waals surface area contributed by atoms with Crippen LogP contribution in [0.15, 0.2) is 0 Å². The molecule has 0 aliphatic heterocycles. The highest BCUT2D eigenvalue weighted by Crippen LogP contribution is 2.30. The maximum absolute atomic E-state index is 11.6. The molecule has 0 bridgehead atoms. The Morgan fingerprint density at radius 1 is 0.833 bits per heavy atom. The van der Waals surface area contributed by atoms with Crippen LogP contribution in [0.3, 0.4) is 0 Å². The smallest absolute Gasteiger partial charge is 0.116 e. The van der Waals surface area contributed by atoms with Gasteiger partial charge in [-0.05, 0) is 26.7 Å². The lowest BCUT2D eigenvalue weighted by molar-refractivity contribution is 0.133. The minimum absolute atomic E-state index is 0.0306. The van der Waals surface area contributed by atoms with E-state index in [9.17, 15) is 4.57 Å². The molecule has 0 aromatic carbocycles. The van der Waals surface area contributed by atoms with Crippen molar-refractivity contribution in [1.82, 2.24) is 0 Å². The van der Waals surface area contributed by atoms with E-state index in [-0.39, 0.29) is 12.2 Å². The molecule has 0 N–H and O–H groups in total. The molecule has 2 unspecified atom stereocenters. The van der Waals surface area contributed by atoms with E-state index in [0.29, 0.717) is 0 Å². The summed E-state index contributed by atoms with van der Waals surface area (Å²) < 4.78 is 22.4. The van der Waals surface area contributed by atoms with Crippen molar-refractivity contribution in [3.63, 3.8) is 0 Å². The molecule has 0 saturated heterocycles. The van der Waals surface area contributed by atoms with E-state index >= 15 is 0 Å². The fourth-order valence-corrected chi connectivity index (χ4v) is 2.64. The molecule has 0 aliphatic carbocycles.